The normalized spacial score (nSPS) is 11.6. The number of anilines is 1. The van der Waals surface area contributed by atoms with Crippen molar-refractivity contribution in [1.29, 1.82) is 0 Å². The highest BCUT2D eigenvalue weighted by molar-refractivity contribution is 7.92. The summed E-state index contributed by atoms with van der Waals surface area (Å²) in [6.45, 7) is 1.69. The molecule has 0 aliphatic carbocycles. The van der Waals surface area contributed by atoms with Crippen LogP contribution in [0.2, 0.25) is 0 Å². The van der Waals surface area contributed by atoms with Gasteiger partial charge in [-0.15, -0.1) is 11.6 Å². The molecule has 0 spiro atoms. The second kappa shape index (κ2) is 5.37. The third-order valence-electron chi connectivity index (χ3n) is 1.68. The molecule has 15 heavy (non-hydrogen) atoms. The predicted octanol–water partition coefficient (Wildman–Crippen LogP) is 1.74. The Balaban J connectivity index is 2.49. The van der Waals surface area contributed by atoms with Gasteiger partial charge in [-0.25, -0.2) is 8.42 Å². The Morgan fingerprint density at radius 1 is 1.53 bits per heavy atom. The first-order valence-electron chi connectivity index (χ1n) is 4.53. The van der Waals surface area contributed by atoms with Crippen LogP contribution in [-0.2, 0) is 10.0 Å². The number of hydrogen-bond donors (Lipinski definition) is 1. The molecule has 0 unspecified atom stereocenters. The van der Waals surface area contributed by atoms with Gasteiger partial charge in [0.25, 0.3) is 0 Å². The monoisotopic (exact) mass is 252 g/mol. The largest absolute Gasteiger partial charge is 0.360 e. The van der Waals surface area contributed by atoms with Gasteiger partial charge < -0.3 is 4.52 Å². The number of sulfonamides is 1. The fourth-order valence-corrected chi connectivity index (χ4v) is 2.30. The Kier molecular flexibility index (Phi) is 4.41. The standard InChI is InChI=1S/C8H13ClN2O3S/c1-7-6-8(10-14-7)11-15(12,13)5-3-2-4-9/h6H,2-5H2,1H3,(H,10,11). The highest BCUT2D eigenvalue weighted by Gasteiger charge is 2.12. The fourth-order valence-electron chi connectivity index (χ4n) is 1.01. The predicted molar refractivity (Wildman–Crippen MR) is 58.6 cm³/mol. The lowest BCUT2D eigenvalue weighted by atomic mass is 10.4. The molecule has 0 atom stereocenters. The average molecular weight is 253 g/mol. The number of nitrogens with one attached hydrogen (secondary N) is 1. The Morgan fingerprint density at radius 3 is 2.80 bits per heavy atom. The molecular formula is C8H13ClN2O3S. The first-order valence-corrected chi connectivity index (χ1v) is 6.72. The highest BCUT2D eigenvalue weighted by atomic mass is 35.5. The van der Waals surface area contributed by atoms with Crippen LogP contribution in [0, 0.1) is 6.92 Å². The summed E-state index contributed by atoms with van der Waals surface area (Å²) in [5.74, 6) is 1.30. The smallest absolute Gasteiger partial charge is 0.233 e. The molecular weight excluding hydrogens is 240 g/mol. The quantitative estimate of drug-likeness (QED) is 0.618. The average Bonchev–Trinajstić information content (AvgIpc) is 2.50. The van der Waals surface area contributed by atoms with E-state index in [0.717, 1.165) is 0 Å². The van der Waals surface area contributed by atoms with Gasteiger partial charge in [-0.3, -0.25) is 4.72 Å². The lowest BCUT2D eigenvalue weighted by Gasteiger charge is -2.03. The van der Waals surface area contributed by atoms with Crippen molar-refractivity contribution < 1.29 is 12.9 Å². The van der Waals surface area contributed by atoms with Gasteiger partial charge in [0.05, 0.1) is 5.75 Å². The van der Waals surface area contributed by atoms with E-state index in [0.29, 0.717) is 24.5 Å². The molecule has 0 aliphatic rings. The van der Waals surface area contributed by atoms with Crippen LogP contribution in [0.4, 0.5) is 5.82 Å². The molecule has 1 N–H and O–H groups in total. The molecule has 0 radical (unpaired) electrons. The van der Waals surface area contributed by atoms with Crippen LogP contribution >= 0.6 is 11.6 Å². The number of aryl methyl sites for hydroxylation is 1. The van der Waals surface area contributed by atoms with Gasteiger partial charge in [0, 0.05) is 11.9 Å². The van der Waals surface area contributed by atoms with E-state index in [4.69, 9.17) is 16.1 Å². The maximum absolute atomic E-state index is 11.4. The van der Waals surface area contributed by atoms with E-state index in [9.17, 15) is 8.42 Å². The molecule has 0 saturated heterocycles. The molecule has 0 amide bonds. The van der Waals surface area contributed by atoms with Crippen molar-refractivity contribution in [3.63, 3.8) is 0 Å². The Morgan fingerprint density at radius 2 is 2.27 bits per heavy atom. The number of halogens is 1. The molecule has 0 fully saturated rings. The third-order valence-corrected chi connectivity index (χ3v) is 3.30. The van der Waals surface area contributed by atoms with Gasteiger partial charge in [-0.2, -0.15) is 0 Å². The van der Waals surface area contributed by atoms with Crippen LogP contribution in [0.25, 0.3) is 0 Å². The van der Waals surface area contributed by atoms with Crippen LogP contribution in [0.1, 0.15) is 18.6 Å². The molecule has 0 bridgehead atoms. The SMILES string of the molecule is Cc1cc(NS(=O)(=O)CCCCCl)no1. The zero-order valence-corrected chi connectivity index (χ0v) is 9.94. The Bertz CT molecular complexity index is 402. The van der Waals surface area contributed by atoms with E-state index < -0.39 is 10.0 Å². The highest BCUT2D eigenvalue weighted by Crippen LogP contribution is 2.10. The number of alkyl halides is 1. The van der Waals surface area contributed by atoms with Gasteiger partial charge >= 0.3 is 0 Å². The molecule has 1 rings (SSSR count). The summed E-state index contributed by atoms with van der Waals surface area (Å²) in [7, 11) is -3.32. The summed E-state index contributed by atoms with van der Waals surface area (Å²) >= 11 is 5.45. The number of rotatable bonds is 6. The van der Waals surface area contributed by atoms with Crippen LogP contribution in [0.5, 0.6) is 0 Å². The second-order valence-corrected chi connectivity index (χ2v) is 5.36. The maximum atomic E-state index is 11.4. The van der Waals surface area contributed by atoms with Crippen molar-refractivity contribution in [2.45, 2.75) is 19.8 Å². The van der Waals surface area contributed by atoms with E-state index in [-0.39, 0.29) is 11.6 Å². The third kappa shape index (κ3) is 4.53. The molecule has 0 aliphatic heterocycles. The van der Waals surface area contributed by atoms with Crippen LogP contribution in [-0.4, -0.2) is 25.2 Å². The van der Waals surface area contributed by atoms with Crippen molar-refractivity contribution >= 4 is 27.4 Å². The minimum atomic E-state index is -3.32. The van der Waals surface area contributed by atoms with E-state index >= 15 is 0 Å². The van der Waals surface area contributed by atoms with Crippen LogP contribution < -0.4 is 4.72 Å². The number of aromatic nitrogens is 1. The summed E-state index contributed by atoms with van der Waals surface area (Å²) < 4.78 is 30.0. The lowest BCUT2D eigenvalue weighted by molar-refractivity contribution is 0.400. The molecule has 1 heterocycles. The zero-order valence-electron chi connectivity index (χ0n) is 8.36. The van der Waals surface area contributed by atoms with Gasteiger partial charge in [0.2, 0.25) is 10.0 Å². The summed E-state index contributed by atoms with van der Waals surface area (Å²) in [6, 6.07) is 1.53. The number of nitrogens with zero attached hydrogens (tertiary/aromatic N) is 1. The minimum Gasteiger partial charge on any atom is -0.360 e. The van der Waals surface area contributed by atoms with Crippen molar-refractivity contribution in [1.82, 2.24) is 5.16 Å². The van der Waals surface area contributed by atoms with E-state index in [1.807, 2.05) is 0 Å². The molecule has 0 aromatic carbocycles. The van der Waals surface area contributed by atoms with Crippen molar-refractivity contribution in [3.05, 3.63) is 11.8 Å². The summed E-state index contributed by atoms with van der Waals surface area (Å²) in [5, 5.41) is 3.54. The van der Waals surface area contributed by atoms with Crippen molar-refractivity contribution in [2.75, 3.05) is 16.4 Å². The van der Waals surface area contributed by atoms with Gasteiger partial charge in [-0.05, 0) is 19.8 Å². The summed E-state index contributed by atoms with van der Waals surface area (Å²) in [5.41, 5.74) is 0. The van der Waals surface area contributed by atoms with Gasteiger partial charge in [0.15, 0.2) is 5.82 Å². The van der Waals surface area contributed by atoms with Crippen molar-refractivity contribution in [3.8, 4) is 0 Å². The van der Waals surface area contributed by atoms with E-state index in [1.54, 1.807) is 6.92 Å². The fraction of sp³-hybridized carbons (Fsp3) is 0.625. The minimum absolute atomic E-state index is 0.0472. The second-order valence-electron chi connectivity index (χ2n) is 3.14. The zero-order chi connectivity index (χ0) is 11.3. The van der Waals surface area contributed by atoms with Gasteiger partial charge in [0.1, 0.15) is 5.76 Å². The van der Waals surface area contributed by atoms with E-state index in [2.05, 4.69) is 9.88 Å². The van der Waals surface area contributed by atoms with Crippen LogP contribution in [0.15, 0.2) is 10.6 Å². The summed E-state index contributed by atoms with van der Waals surface area (Å²) in [4.78, 5) is 0. The molecule has 1 aromatic heterocycles. The topological polar surface area (TPSA) is 72.2 Å². The molecule has 5 nitrogen and oxygen atoms in total. The first kappa shape index (κ1) is 12.3. The Hall–Kier alpha value is -0.750. The maximum Gasteiger partial charge on any atom is 0.233 e. The molecule has 1 aromatic rings. The molecule has 86 valence electrons. The summed E-state index contributed by atoms with van der Waals surface area (Å²) in [6.07, 6.45) is 1.22. The van der Waals surface area contributed by atoms with Gasteiger partial charge in [-0.1, -0.05) is 5.16 Å². The Labute approximate surface area is 93.8 Å². The molecule has 7 heteroatoms. The number of unbranched alkanes of at least 4 members (excludes halogenated alkanes) is 1. The molecule has 0 saturated carbocycles. The van der Waals surface area contributed by atoms with Crippen molar-refractivity contribution in [2.24, 2.45) is 0 Å². The van der Waals surface area contributed by atoms with Crippen LogP contribution in [0.3, 0.4) is 0 Å². The number of hydrogen-bond acceptors (Lipinski definition) is 4. The van der Waals surface area contributed by atoms with E-state index in [1.165, 1.54) is 6.07 Å². The first-order chi connectivity index (χ1) is 7.03. The lowest BCUT2D eigenvalue weighted by Crippen LogP contribution is -2.16.